The van der Waals surface area contributed by atoms with Crippen LogP contribution >= 0.6 is 35.3 Å². The van der Waals surface area contributed by atoms with E-state index in [1.165, 1.54) is 10.9 Å². The zero-order chi connectivity index (χ0) is 17.4. The number of nitrogens with zero attached hydrogens (tertiary/aromatic N) is 2. The molecule has 0 atom stereocenters. The lowest BCUT2D eigenvalue weighted by atomic mass is 10.1. The number of hydrogen-bond acceptors (Lipinski definition) is 3. The van der Waals surface area contributed by atoms with Crippen molar-refractivity contribution in [1.29, 1.82) is 0 Å². The summed E-state index contributed by atoms with van der Waals surface area (Å²) >= 11 is 1.76. The standard InChI is InChI=1S/C18H25FN4S.HI/c1-20-18(21-9-8-16-5-4-10-24-16)22-12-14-6-7-17(19)15(11-14)13-23(2)3;/h4-7,10-11H,8-9,12-13H2,1-3H3,(H2,20,21,22);1H. The first-order valence-corrected chi connectivity index (χ1v) is 8.85. The van der Waals surface area contributed by atoms with Crippen LogP contribution in [0.4, 0.5) is 4.39 Å². The van der Waals surface area contributed by atoms with Crippen molar-refractivity contribution in [3.8, 4) is 0 Å². The molecule has 0 fully saturated rings. The van der Waals surface area contributed by atoms with Gasteiger partial charge in [0.2, 0.25) is 0 Å². The summed E-state index contributed by atoms with van der Waals surface area (Å²) in [6.07, 6.45) is 0.974. The molecule has 0 aliphatic carbocycles. The normalized spacial score (nSPS) is 11.3. The smallest absolute Gasteiger partial charge is 0.191 e. The largest absolute Gasteiger partial charge is 0.356 e. The Hall–Kier alpha value is -1.19. The van der Waals surface area contributed by atoms with E-state index >= 15 is 0 Å². The number of benzene rings is 1. The topological polar surface area (TPSA) is 39.7 Å². The molecular weight excluding hydrogens is 450 g/mol. The maximum absolute atomic E-state index is 13.8. The molecule has 138 valence electrons. The molecule has 0 unspecified atom stereocenters. The summed E-state index contributed by atoms with van der Waals surface area (Å²) in [5.41, 5.74) is 1.74. The highest BCUT2D eigenvalue weighted by atomic mass is 127. The third-order valence-corrected chi connectivity index (χ3v) is 4.46. The summed E-state index contributed by atoms with van der Waals surface area (Å²) in [6, 6.07) is 9.44. The third kappa shape index (κ3) is 7.70. The fraction of sp³-hybridized carbons (Fsp3) is 0.389. The first-order chi connectivity index (χ1) is 11.6. The van der Waals surface area contributed by atoms with Crippen molar-refractivity contribution in [2.75, 3.05) is 27.7 Å². The van der Waals surface area contributed by atoms with Gasteiger partial charge in [0.15, 0.2) is 5.96 Å². The highest BCUT2D eigenvalue weighted by Gasteiger charge is 2.06. The molecule has 4 nitrogen and oxygen atoms in total. The molecule has 0 amide bonds. The maximum atomic E-state index is 13.8. The van der Waals surface area contributed by atoms with Crippen LogP contribution in [0.1, 0.15) is 16.0 Å². The van der Waals surface area contributed by atoms with Gasteiger partial charge in [-0.1, -0.05) is 12.1 Å². The second-order valence-electron chi connectivity index (χ2n) is 5.85. The van der Waals surface area contributed by atoms with Crippen molar-refractivity contribution in [3.05, 3.63) is 57.5 Å². The first-order valence-electron chi connectivity index (χ1n) is 7.97. The summed E-state index contributed by atoms with van der Waals surface area (Å²) < 4.78 is 13.8. The maximum Gasteiger partial charge on any atom is 0.191 e. The van der Waals surface area contributed by atoms with E-state index in [2.05, 4.69) is 33.1 Å². The minimum absolute atomic E-state index is 0. The molecule has 1 heterocycles. The van der Waals surface area contributed by atoms with Crippen LogP contribution in [0, 0.1) is 5.82 Å². The molecule has 0 spiro atoms. The quantitative estimate of drug-likeness (QED) is 0.365. The van der Waals surface area contributed by atoms with Gasteiger partial charge in [-0.15, -0.1) is 35.3 Å². The van der Waals surface area contributed by atoms with Crippen molar-refractivity contribution < 1.29 is 4.39 Å². The fourth-order valence-electron chi connectivity index (χ4n) is 2.37. The van der Waals surface area contributed by atoms with E-state index < -0.39 is 0 Å². The summed E-state index contributed by atoms with van der Waals surface area (Å²) in [5, 5.41) is 8.66. The predicted octanol–water partition coefficient (Wildman–Crippen LogP) is 3.47. The second-order valence-corrected chi connectivity index (χ2v) is 6.88. The minimum atomic E-state index is -0.161. The summed E-state index contributed by atoms with van der Waals surface area (Å²) in [4.78, 5) is 7.54. The van der Waals surface area contributed by atoms with E-state index in [-0.39, 0.29) is 29.8 Å². The Morgan fingerprint density at radius 3 is 2.68 bits per heavy atom. The van der Waals surface area contributed by atoms with E-state index in [0.29, 0.717) is 18.7 Å². The lowest BCUT2D eigenvalue weighted by Gasteiger charge is -2.14. The van der Waals surface area contributed by atoms with Gasteiger partial charge >= 0.3 is 0 Å². The number of aliphatic imine (C=N–C) groups is 1. The molecule has 0 saturated heterocycles. The van der Waals surface area contributed by atoms with Gasteiger partial charge in [-0.05, 0) is 49.7 Å². The molecular formula is C18H26FIN4S. The average molecular weight is 476 g/mol. The van der Waals surface area contributed by atoms with Crippen LogP contribution in [0.15, 0.2) is 40.7 Å². The zero-order valence-electron chi connectivity index (χ0n) is 14.9. The molecule has 7 heteroatoms. The average Bonchev–Trinajstić information content (AvgIpc) is 3.06. The molecule has 25 heavy (non-hydrogen) atoms. The Morgan fingerprint density at radius 2 is 2.04 bits per heavy atom. The van der Waals surface area contributed by atoms with Crippen LogP contribution in [0.2, 0.25) is 0 Å². The molecule has 0 aliphatic rings. The van der Waals surface area contributed by atoms with E-state index in [0.717, 1.165) is 24.5 Å². The van der Waals surface area contributed by atoms with Crippen molar-refractivity contribution in [2.45, 2.75) is 19.5 Å². The number of guanidine groups is 1. The number of rotatable bonds is 7. The highest BCUT2D eigenvalue weighted by molar-refractivity contribution is 14.0. The van der Waals surface area contributed by atoms with Crippen molar-refractivity contribution in [3.63, 3.8) is 0 Å². The van der Waals surface area contributed by atoms with Gasteiger partial charge in [0, 0.05) is 37.1 Å². The Kier molecular flexibility index (Phi) is 9.99. The van der Waals surface area contributed by atoms with Gasteiger partial charge in [-0.3, -0.25) is 4.99 Å². The Balaban J connectivity index is 0.00000312. The third-order valence-electron chi connectivity index (χ3n) is 3.52. The van der Waals surface area contributed by atoms with E-state index in [4.69, 9.17) is 0 Å². The van der Waals surface area contributed by atoms with Crippen LogP contribution in [-0.2, 0) is 19.5 Å². The lowest BCUT2D eigenvalue weighted by Crippen LogP contribution is -2.37. The van der Waals surface area contributed by atoms with Crippen LogP contribution in [0.25, 0.3) is 0 Å². The van der Waals surface area contributed by atoms with Gasteiger partial charge in [0.1, 0.15) is 5.82 Å². The number of thiophene rings is 1. The Bertz CT molecular complexity index is 659. The number of halogens is 2. The Labute approximate surface area is 170 Å². The molecule has 1 aromatic carbocycles. The molecule has 0 radical (unpaired) electrons. The lowest BCUT2D eigenvalue weighted by molar-refractivity contribution is 0.392. The van der Waals surface area contributed by atoms with Gasteiger partial charge in [-0.2, -0.15) is 0 Å². The van der Waals surface area contributed by atoms with Gasteiger partial charge in [0.25, 0.3) is 0 Å². The van der Waals surface area contributed by atoms with Gasteiger partial charge in [0.05, 0.1) is 0 Å². The SMILES string of the molecule is CN=C(NCCc1cccs1)NCc1ccc(F)c(CN(C)C)c1.I. The molecule has 2 aromatic rings. The van der Waals surface area contributed by atoms with Gasteiger partial charge < -0.3 is 15.5 Å². The van der Waals surface area contributed by atoms with Crippen molar-refractivity contribution in [2.24, 2.45) is 4.99 Å². The van der Waals surface area contributed by atoms with Crippen LogP contribution < -0.4 is 10.6 Å². The number of hydrogen-bond donors (Lipinski definition) is 2. The Morgan fingerprint density at radius 1 is 1.24 bits per heavy atom. The van der Waals surface area contributed by atoms with Gasteiger partial charge in [-0.25, -0.2) is 4.39 Å². The van der Waals surface area contributed by atoms with E-state index in [1.54, 1.807) is 24.5 Å². The fourth-order valence-corrected chi connectivity index (χ4v) is 3.07. The molecule has 0 saturated carbocycles. The highest BCUT2D eigenvalue weighted by Crippen LogP contribution is 2.12. The van der Waals surface area contributed by atoms with Crippen LogP contribution in [0.5, 0.6) is 0 Å². The minimum Gasteiger partial charge on any atom is -0.356 e. The molecule has 1 aromatic heterocycles. The predicted molar refractivity (Wildman–Crippen MR) is 115 cm³/mol. The summed E-state index contributed by atoms with van der Waals surface area (Å²) in [7, 11) is 5.62. The van der Waals surface area contributed by atoms with E-state index in [9.17, 15) is 4.39 Å². The molecule has 2 rings (SSSR count). The summed E-state index contributed by atoms with van der Waals surface area (Å²) in [6.45, 7) is 2.03. The first kappa shape index (κ1) is 21.9. The molecule has 0 bridgehead atoms. The van der Waals surface area contributed by atoms with Crippen molar-refractivity contribution >= 4 is 41.3 Å². The van der Waals surface area contributed by atoms with Crippen LogP contribution in [-0.4, -0.2) is 38.5 Å². The van der Waals surface area contributed by atoms with Crippen molar-refractivity contribution in [1.82, 2.24) is 15.5 Å². The zero-order valence-corrected chi connectivity index (χ0v) is 18.0. The molecule has 2 N–H and O–H groups in total. The molecule has 0 aliphatic heterocycles. The van der Waals surface area contributed by atoms with Crippen LogP contribution in [0.3, 0.4) is 0 Å². The second kappa shape index (κ2) is 11.4. The number of nitrogens with one attached hydrogen (secondary N) is 2. The summed E-state index contributed by atoms with van der Waals surface area (Å²) in [5.74, 6) is 0.593. The van der Waals surface area contributed by atoms with E-state index in [1.807, 2.05) is 25.1 Å². The monoisotopic (exact) mass is 476 g/mol.